The van der Waals surface area contributed by atoms with E-state index in [2.05, 4.69) is 17.1 Å². The Balaban J connectivity index is 2.10. The molecule has 2 heterocycles. The summed E-state index contributed by atoms with van der Waals surface area (Å²) in [6.45, 7) is 3.79. The van der Waals surface area contributed by atoms with Crippen LogP contribution in [0.15, 0.2) is 30.9 Å². The third kappa shape index (κ3) is 1.77. The summed E-state index contributed by atoms with van der Waals surface area (Å²) in [7, 11) is 0. The molecule has 0 saturated heterocycles. The summed E-state index contributed by atoms with van der Waals surface area (Å²) in [5.41, 5.74) is 1.19. The topological polar surface area (TPSA) is 35.6 Å². The van der Waals surface area contributed by atoms with Gasteiger partial charge < -0.3 is 0 Å². The van der Waals surface area contributed by atoms with E-state index in [0.29, 0.717) is 0 Å². The molecule has 4 heteroatoms. The minimum absolute atomic E-state index is 0.799. The summed E-state index contributed by atoms with van der Waals surface area (Å²) in [5.74, 6) is 0. The Labute approximate surface area is 76.8 Å². The van der Waals surface area contributed by atoms with Crippen LogP contribution in [0.2, 0.25) is 0 Å². The molecular weight excluding hydrogens is 164 g/mol. The molecule has 0 unspecified atom stereocenters. The predicted molar refractivity (Wildman–Crippen MR) is 49.2 cm³/mol. The highest BCUT2D eigenvalue weighted by molar-refractivity contribution is 5.04. The molecule has 0 aliphatic carbocycles. The van der Waals surface area contributed by atoms with Crippen molar-refractivity contribution in [2.24, 2.45) is 0 Å². The molecule has 0 atom stereocenters. The molecule has 0 spiro atoms. The van der Waals surface area contributed by atoms with Gasteiger partial charge in [0.15, 0.2) is 0 Å². The summed E-state index contributed by atoms with van der Waals surface area (Å²) in [5, 5.41) is 8.32. The lowest BCUT2D eigenvalue weighted by atomic mass is 10.4. The molecule has 0 amide bonds. The van der Waals surface area contributed by atoms with E-state index < -0.39 is 0 Å². The summed E-state index contributed by atoms with van der Waals surface area (Å²) >= 11 is 0. The molecule has 4 nitrogen and oxygen atoms in total. The Morgan fingerprint density at radius 2 is 2.23 bits per heavy atom. The fraction of sp³-hybridized carbons (Fsp3) is 0.333. The zero-order chi connectivity index (χ0) is 9.10. The van der Waals surface area contributed by atoms with Crippen LogP contribution < -0.4 is 0 Å². The molecule has 2 aromatic rings. The van der Waals surface area contributed by atoms with E-state index in [1.54, 1.807) is 6.20 Å². The van der Waals surface area contributed by atoms with Gasteiger partial charge in [0.05, 0.1) is 12.7 Å². The van der Waals surface area contributed by atoms with E-state index in [1.165, 1.54) is 5.56 Å². The van der Waals surface area contributed by atoms with Gasteiger partial charge in [-0.15, -0.1) is 0 Å². The first-order valence-corrected chi connectivity index (χ1v) is 4.37. The number of hydrogen-bond donors (Lipinski definition) is 0. The summed E-state index contributed by atoms with van der Waals surface area (Å²) < 4.78 is 3.80. The largest absolute Gasteiger partial charge is 0.273 e. The van der Waals surface area contributed by atoms with Crippen molar-refractivity contribution in [1.82, 2.24) is 19.6 Å². The SMILES string of the molecule is CCn1cc(Cn2cccn2)cn1. The molecule has 0 aromatic carbocycles. The van der Waals surface area contributed by atoms with Crippen LogP contribution in [0, 0.1) is 0 Å². The average molecular weight is 176 g/mol. The van der Waals surface area contributed by atoms with Crippen molar-refractivity contribution in [2.75, 3.05) is 0 Å². The lowest BCUT2D eigenvalue weighted by Gasteiger charge is -1.96. The monoisotopic (exact) mass is 176 g/mol. The van der Waals surface area contributed by atoms with Crippen molar-refractivity contribution in [2.45, 2.75) is 20.0 Å². The van der Waals surface area contributed by atoms with Crippen LogP contribution in [0.1, 0.15) is 12.5 Å². The van der Waals surface area contributed by atoms with Gasteiger partial charge >= 0.3 is 0 Å². The molecule has 0 fully saturated rings. The maximum Gasteiger partial charge on any atom is 0.0690 e. The molecule has 13 heavy (non-hydrogen) atoms. The number of aromatic nitrogens is 4. The third-order valence-electron chi connectivity index (χ3n) is 1.91. The van der Waals surface area contributed by atoms with Crippen molar-refractivity contribution in [1.29, 1.82) is 0 Å². The van der Waals surface area contributed by atoms with E-state index in [0.717, 1.165) is 13.1 Å². The molecule has 2 aromatic heterocycles. The van der Waals surface area contributed by atoms with E-state index in [4.69, 9.17) is 0 Å². The van der Waals surface area contributed by atoms with Gasteiger partial charge in [-0.05, 0) is 13.0 Å². The predicted octanol–water partition coefficient (Wildman–Crippen LogP) is 1.15. The van der Waals surface area contributed by atoms with E-state index >= 15 is 0 Å². The normalized spacial score (nSPS) is 10.5. The first kappa shape index (κ1) is 8.04. The van der Waals surface area contributed by atoms with Crippen LogP contribution in [0.4, 0.5) is 0 Å². The van der Waals surface area contributed by atoms with Crippen molar-refractivity contribution >= 4 is 0 Å². The highest BCUT2D eigenvalue weighted by atomic mass is 15.3. The lowest BCUT2D eigenvalue weighted by molar-refractivity contribution is 0.654. The minimum atomic E-state index is 0.799. The standard InChI is InChI=1S/C9H12N4/c1-2-12-7-9(6-11-12)8-13-5-3-4-10-13/h3-7H,2,8H2,1H3. The molecule has 68 valence electrons. The Morgan fingerprint density at radius 3 is 2.85 bits per heavy atom. The highest BCUT2D eigenvalue weighted by Crippen LogP contribution is 2.00. The number of aryl methyl sites for hydroxylation is 1. The van der Waals surface area contributed by atoms with Crippen LogP contribution in [0.5, 0.6) is 0 Å². The Kier molecular flexibility index (Phi) is 2.12. The van der Waals surface area contributed by atoms with E-state index in [-0.39, 0.29) is 0 Å². The van der Waals surface area contributed by atoms with Crippen molar-refractivity contribution in [3.63, 3.8) is 0 Å². The average Bonchev–Trinajstić information content (AvgIpc) is 2.76. The summed E-state index contributed by atoms with van der Waals surface area (Å²) in [6, 6.07) is 1.92. The van der Waals surface area contributed by atoms with Gasteiger partial charge in [0.2, 0.25) is 0 Å². The van der Waals surface area contributed by atoms with Crippen LogP contribution in [-0.4, -0.2) is 19.6 Å². The van der Waals surface area contributed by atoms with Crippen LogP contribution in [0.25, 0.3) is 0 Å². The first-order chi connectivity index (χ1) is 6.38. The van der Waals surface area contributed by atoms with Crippen molar-refractivity contribution in [3.05, 3.63) is 36.4 Å². The zero-order valence-electron chi connectivity index (χ0n) is 7.59. The van der Waals surface area contributed by atoms with Crippen LogP contribution in [-0.2, 0) is 13.1 Å². The van der Waals surface area contributed by atoms with Crippen molar-refractivity contribution in [3.8, 4) is 0 Å². The lowest BCUT2D eigenvalue weighted by Crippen LogP contribution is -1.98. The maximum absolute atomic E-state index is 4.19. The Hall–Kier alpha value is -1.58. The molecule has 0 aliphatic rings. The number of nitrogens with zero attached hydrogens (tertiary/aromatic N) is 4. The first-order valence-electron chi connectivity index (χ1n) is 4.37. The molecule has 0 aliphatic heterocycles. The smallest absolute Gasteiger partial charge is 0.0690 e. The van der Waals surface area contributed by atoms with Gasteiger partial charge in [-0.2, -0.15) is 10.2 Å². The van der Waals surface area contributed by atoms with Gasteiger partial charge in [0.25, 0.3) is 0 Å². The molecular formula is C9H12N4. The van der Waals surface area contributed by atoms with Gasteiger partial charge in [-0.25, -0.2) is 0 Å². The second-order valence-electron chi connectivity index (χ2n) is 2.91. The number of rotatable bonds is 3. The highest BCUT2D eigenvalue weighted by Gasteiger charge is 1.97. The molecule has 0 N–H and O–H groups in total. The Bertz CT molecular complexity index is 361. The minimum Gasteiger partial charge on any atom is -0.273 e. The van der Waals surface area contributed by atoms with Gasteiger partial charge in [0.1, 0.15) is 0 Å². The third-order valence-corrected chi connectivity index (χ3v) is 1.91. The fourth-order valence-electron chi connectivity index (χ4n) is 1.24. The maximum atomic E-state index is 4.19. The van der Waals surface area contributed by atoms with Gasteiger partial charge in [-0.3, -0.25) is 9.36 Å². The van der Waals surface area contributed by atoms with Gasteiger partial charge in [-0.1, -0.05) is 0 Å². The fourth-order valence-corrected chi connectivity index (χ4v) is 1.24. The quantitative estimate of drug-likeness (QED) is 0.703. The molecule has 0 saturated carbocycles. The van der Waals surface area contributed by atoms with E-state index in [9.17, 15) is 0 Å². The van der Waals surface area contributed by atoms with Crippen LogP contribution in [0.3, 0.4) is 0 Å². The molecule has 0 radical (unpaired) electrons. The molecule has 2 rings (SSSR count). The second kappa shape index (κ2) is 3.43. The second-order valence-corrected chi connectivity index (χ2v) is 2.91. The number of hydrogen-bond acceptors (Lipinski definition) is 2. The zero-order valence-corrected chi connectivity index (χ0v) is 7.59. The van der Waals surface area contributed by atoms with Crippen molar-refractivity contribution < 1.29 is 0 Å². The van der Waals surface area contributed by atoms with E-state index in [1.807, 2.05) is 34.0 Å². The summed E-state index contributed by atoms with van der Waals surface area (Å²) in [4.78, 5) is 0. The summed E-state index contributed by atoms with van der Waals surface area (Å²) in [6.07, 6.45) is 7.65. The van der Waals surface area contributed by atoms with Gasteiger partial charge in [0, 0.05) is 30.7 Å². The Morgan fingerprint density at radius 1 is 1.31 bits per heavy atom. The molecule has 0 bridgehead atoms. The van der Waals surface area contributed by atoms with Crippen LogP contribution >= 0.6 is 0 Å².